The van der Waals surface area contributed by atoms with Crippen molar-refractivity contribution in [2.24, 2.45) is 0 Å². The van der Waals surface area contributed by atoms with Crippen molar-refractivity contribution >= 4 is 23.4 Å². The average Bonchev–Trinajstić information content (AvgIpc) is 3.29. The summed E-state index contributed by atoms with van der Waals surface area (Å²) in [6.45, 7) is -0.0722. The van der Waals surface area contributed by atoms with E-state index in [1.54, 1.807) is 22.9 Å². The van der Waals surface area contributed by atoms with Crippen molar-refractivity contribution in [1.82, 2.24) is 14.2 Å². The topological polar surface area (TPSA) is 85.9 Å². The second kappa shape index (κ2) is 5.74. The van der Waals surface area contributed by atoms with E-state index in [1.807, 2.05) is 12.1 Å². The lowest BCUT2D eigenvalue weighted by atomic mass is 10.1. The molecule has 1 saturated heterocycles. The van der Waals surface area contributed by atoms with Crippen molar-refractivity contribution in [3.8, 4) is 6.07 Å². The smallest absolute Gasteiger partial charge is 0.322 e. The summed E-state index contributed by atoms with van der Waals surface area (Å²) < 4.78 is 1.77. The molecular formula is C18H16N4O3. The number of carbonyl (C=O) groups excluding carboxylic acids is 3. The van der Waals surface area contributed by atoms with Gasteiger partial charge in [-0.25, -0.2) is 4.79 Å². The maximum absolute atomic E-state index is 12.7. The van der Waals surface area contributed by atoms with E-state index in [1.165, 1.54) is 0 Å². The molecule has 25 heavy (non-hydrogen) atoms. The highest BCUT2D eigenvalue weighted by molar-refractivity contribution is 6.44. The molecule has 126 valence electrons. The minimum absolute atomic E-state index is 0.0722. The number of carbonyl (C=O) groups is 3. The molecule has 0 aromatic carbocycles. The largest absolute Gasteiger partial charge is 0.334 e. The normalized spacial score (nSPS) is 18.6. The lowest BCUT2D eigenvalue weighted by molar-refractivity contribution is -0.144. The van der Waals surface area contributed by atoms with Crippen LogP contribution < -0.4 is 0 Å². The molecule has 0 spiro atoms. The molecule has 3 heterocycles. The van der Waals surface area contributed by atoms with E-state index in [-0.39, 0.29) is 12.6 Å². The number of nitrogens with zero attached hydrogens (tertiary/aromatic N) is 4. The number of pyridine rings is 1. The average molecular weight is 336 g/mol. The summed E-state index contributed by atoms with van der Waals surface area (Å²) in [7, 11) is 0. The summed E-state index contributed by atoms with van der Waals surface area (Å²) >= 11 is 0. The molecule has 0 atom stereocenters. The quantitative estimate of drug-likeness (QED) is 0.634. The van der Waals surface area contributed by atoms with Crippen LogP contribution in [0.25, 0.3) is 5.52 Å². The van der Waals surface area contributed by atoms with Gasteiger partial charge in [0.25, 0.3) is 0 Å². The lowest BCUT2D eigenvalue weighted by Gasteiger charge is -2.20. The molecule has 2 aromatic rings. The zero-order valence-corrected chi connectivity index (χ0v) is 13.5. The number of imide groups is 2. The van der Waals surface area contributed by atoms with E-state index in [2.05, 4.69) is 6.07 Å². The summed E-state index contributed by atoms with van der Waals surface area (Å²) in [5, 5.41) is 9.46. The molecule has 0 unspecified atom stereocenters. The zero-order valence-electron chi connectivity index (χ0n) is 13.5. The molecule has 7 nitrogen and oxygen atoms in total. The van der Waals surface area contributed by atoms with E-state index >= 15 is 0 Å². The fraction of sp³-hybridized carbons (Fsp3) is 0.333. The Morgan fingerprint density at radius 3 is 2.60 bits per heavy atom. The molecular weight excluding hydrogens is 320 g/mol. The second-order valence-electron chi connectivity index (χ2n) is 6.42. The van der Waals surface area contributed by atoms with Crippen LogP contribution in [0, 0.1) is 11.3 Å². The van der Waals surface area contributed by atoms with E-state index in [0.717, 1.165) is 35.5 Å². The van der Waals surface area contributed by atoms with Crippen molar-refractivity contribution in [2.75, 3.05) is 0 Å². The van der Waals surface area contributed by atoms with Gasteiger partial charge in [0.2, 0.25) is 0 Å². The van der Waals surface area contributed by atoms with Crippen molar-refractivity contribution in [2.45, 2.75) is 38.3 Å². The maximum Gasteiger partial charge on any atom is 0.334 e. The van der Waals surface area contributed by atoms with Gasteiger partial charge in [0.15, 0.2) is 0 Å². The van der Waals surface area contributed by atoms with Crippen LogP contribution in [-0.2, 0) is 16.1 Å². The van der Waals surface area contributed by atoms with Gasteiger partial charge in [0.1, 0.15) is 6.07 Å². The number of nitriles is 1. The van der Waals surface area contributed by atoms with Crippen molar-refractivity contribution in [1.29, 1.82) is 5.26 Å². The monoisotopic (exact) mass is 336 g/mol. The Labute approximate surface area is 144 Å². The fourth-order valence-electron chi connectivity index (χ4n) is 3.74. The van der Waals surface area contributed by atoms with E-state index in [4.69, 9.17) is 0 Å². The SMILES string of the molecule is N#Cc1c(CN2C(=O)C(=O)N(C3CCCC3)C2=O)cn2ccccc12. The highest BCUT2D eigenvalue weighted by Crippen LogP contribution is 2.29. The van der Waals surface area contributed by atoms with Gasteiger partial charge in [0.05, 0.1) is 17.6 Å². The summed E-state index contributed by atoms with van der Waals surface area (Å²) in [5.74, 6) is -1.56. The van der Waals surface area contributed by atoms with Gasteiger partial charge in [-0.3, -0.25) is 19.4 Å². The van der Waals surface area contributed by atoms with Gasteiger partial charge in [-0.15, -0.1) is 0 Å². The highest BCUT2D eigenvalue weighted by atomic mass is 16.2. The van der Waals surface area contributed by atoms with Gasteiger partial charge < -0.3 is 4.40 Å². The Bertz CT molecular complexity index is 933. The molecule has 2 aromatic heterocycles. The standard InChI is InChI=1S/C18H16N4O3/c19-9-14-12(10-20-8-4-3-7-15(14)20)11-21-16(23)17(24)22(18(21)25)13-5-1-2-6-13/h3-4,7-8,10,13H,1-2,5-6,11H2. The number of amides is 4. The summed E-state index contributed by atoms with van der Waals surface area (Å²) in [6.07, 6.45) is 6.93. The molecule has 2 fully saturated rings. The Morgan fingerprint density at radius 1 is 1.12 bits per heavy atom. The van der Waals surface area contributed by atoms with Crippen LogP contribution in [0.1, 0.15) is 36.8 Å². The molecule has 4 amide bonds. The van der Waals surface area contributed by atoms with Crippen molar-refractivity contribution in [3.63, 3.8) is 0 Å². The molecule has 1 aliphatic carbocycles. The molecule has 7 heteroatoms. The van der Waals surface area contributed by atoms with Crippen molar-refractivity contribution in [3.05, 3.63) is 41.7 Å². The van der Waals surface area contributed by atoms with Crippen LogP contribution >= 0.6 is 0 Å². The molecule has 1 aliphatic heterocycles. The van der Waals surface area contributed by atoms with Gasteiger partial charge in [-0.05, 0) is 25.0 Å². The Balaban J connectivity index is 1.67. The number of fused-ring (bicyclic) bond motifs is 1. The Hall–Kier alpha value is -3.14. The molecule has 0 bridgehead atoms. The summed E-state index contributed by atoms with van der Waals surface area (Å²) in [5.41, 5.74) is 1.67. The minimum atomic E-state index is -0.809. The van der Waals surface area contributed by atoms with Crippen LogP contribution in [0.2, 0.25) is 0 Å². The maximum atomic E-state index is 12.7. The first-order valence-corrected chi connectivity index (χ1v) is 8.29. The summed E-state index contributed by atoms with van der Waals surface area (Å²) in [6, 6.07) is 6.82. The third kappa shape index (κ3) is 2.30. The Kier molecular flexibility index (Phi) is 3.53. The number of hydrogen-bond donors (Lipinski definition) is 0. The van der Waals surface area contributed by atoms with Gasteiger partial charge in [0, 0.05) is 24.0 Å². The van der Waals surface area contributed by atoms with Crippen LogP contribution in [0.3, 0.4) is 0 Å². The van der Waals surface area contributed by atoms with Gasteiger partial charge in [-0.1, -0.05) is 18.9 Å². The van der Waals surface area contributed by atoms with Crippen LogP contribution in [0.4, 0.5) is 4.79 Å². The summed E-state index contributed by atoms with van der Waals surface area (Å²) in [4.78, 5) is 39.3. The zero-order chi connectivity index (χ0) is 17.6. The predicted molar refractivity (Wildman–Crippen MR) is 87.2 cm³/mol. The molecule has 0 N–H and O–H groups in total. The van der Waals surface area contributed by atoms with Crippen molar-refractivity contribution < 1.29 is 14.4 Å². The molecule has 4 rings (SSSR count). The first kappa shape index (κ1) is 15.4. The van der Waals surface area contributed by atoms with Crippen LogP contribution in [0.15, 0.2) is 30.6 Å². The highest BCUT2D eigenvalue weighted by Gasteiger charge is 2.48. The van der Waals surface area contributed by atoms with E-state index in [9.17, 15) is 19.6 Å². The number of rotatable bonds is 3. The minimum Gasteiger partial charge on any atom is -0.322 e. The molecule has 1 saturated carbocycles. The van der Waals surface area contributed by atoms with Crippen LogP contribution in [-0.4, -0.2) is 38.1 Å². The second-order valence-corrected chi connectivity index (χ2v) is 6.42. The fourth-order valence-corrected chi connectivity index (χ4v) is 3.74. The number of urea groups is 1. The van der Waals surface area contributed by atoms with Gasteiger partial charge >= 0.3 is 17.8 Å². The Morgan fingerprint density at radius 2 is 1.88 bits per heavy atom. The van der Waals surface area contributed by atoms with E-state index < -0.39 is 17.8 Å². The van der Waals surface area contributed by atoms with Gasteiger partial charge in [-0.2, -0.15) is 5.26 Å². The van der Waals surface area contributed by atoms with E-state index in [0.29, 0.717) is 16.6 Å². The third-order valence-corrected chi connectivity index (χ3v) is 4.98. The molecule has 2 aliphatic rings. The predicted octanol–water partition coefficient (Wildman–Crippen LogP) is 2.04. The first-order valence-electron chi connectivity index (χ1n) is 8.29. The number of hydrogen-bond acceptors (Lipinski definition) is 4. The lowest BCUT2D eigenvalue weighted by Crippen LogP contribution is -2.39. The third-order valence-electron chi connectivity index (χ3n) is 4.98. The molecule has 0 radical (unpaired) electrons. The first-order chi connectivity index (χ1) is 12.1. The number of aromatic nitrogens is 1. The van der Waals surface area contributed by atoms with Crippen LogP contribution in [0.5, 0.6) is 0 Å².